The largest absolute Gasteiger partial charge is 0.480 e. The molecule has 0 aliphatic heterocycles. The van der Waals surface area contributed by atoms with Crippen molar-refractivity contribution in [2.45, 2.75) is 25.2 Å². The van der Waals surface area contributed by atoms with E-state index in [-0.39, 0.29) is 44.1 Å². The van der Waals surface area contributed by atoms with Crippen LogP contribution in [-0.2, 0) is 23.9 Å². The zero-order valence-electron chi connectivity index (χ0n) is 16.4. The van der Waals surface area contributed by atoms with E-state index in [1.807, 2.05) is 48.5 Å². The molecule has 0 saturated carbocycles. The second-order valence-electron chi connectivity index (χ2n) is 7.17. The van der Waals surface area contributed by atoms with Gasteiger partial charge in [-0.25, -0.2) is 0 Å². The molecule has 0 bridgehead atoms. The molecule has 0 aromatic heterocycles. The number of hydrogen-bond acceptors (Lipinski definition) is 6. The van der Waals surface area contributed by atoms with E-state index in [9.17, 15) is 24.3 Å². The summed E-state index contributed by atoms with van der Waals surface area (Å²) in [6.07, 6.45) is -0.369. The van der Waals surface area contributed by atoms with E-state index in [2.05, 4.69) is 0 Å². The van der Waals surface area contributed by atoms with Crippen molar-refractivity contribution in [2.24, 2.45) is 11.7 Å². The van der Waals surface area contributed by atoms with Crippen LogP contribution in [0, 0.1) is 5.92 Å². The molecule has 7 nitrogen and oxygen atoms in total. The average molecular weight is 409 g/mol. The summed E-state index contributed by atoms with van der Waals surface area (Å²) in [6.45, 7) is 0.0811. The van der Waals surface area contributed by atoms with E-state index < -0.39 is 23.6 Å². The minimum Gasteiger partial charge on any atom is -0.480 e. The summed E-state index contributed by atoms with van der Waals surface area (Å²) in [5, 5.41) is 9.36. The number of esters is 1. The third-order valence-corrected chi connectivity index (χ3v) is 5.23. The Labute approximate surface area is 173 Å². The molecule has 2 aromatic carbocycles. The Kier molecular flexibility index (Phi) is 6.74. The van der Waals surface area contributed by atoms with Gasteiger partial charge in [-0.15, -0.1) is 0 Å². The Morgan fingerprint density at radius 3 is 2.00 bits per heavy atom. The van der Waals surface area contributed by atoms with Gasteiger partial charge in [-0.05, 0) is 28.8 Å². The number of aliphatic carboxylic acids is 1. The van der Waals surface area contributed by atoms with Gasteiger partial charge in [0.1, 0.15) is 12.4 Å². The number of nitrogens with two attached hydrogens (primary N) is 1. The predicted molar refractivity (Wildman–Crippen MR) is 109 cm³/mol. The standard InChI is InChI=1S/C23H23NO6/c24-12-11-14(25)9-10-20(26)21(22(27)28)23(29)30-13-19-17-7-3-1-5-15(17)16-6-2-4-8-18(16)19/h1-8,19,21H,9-13,24H2,(H,27,28). The minimum atomic E-state index is -1.94. The van der Waals surface area contributed by atoms with Crippen LogP contribution in [0.4, 0.5) is 0 Å². The second kappa shape index (κ2) is 9.45. The monoisotopic (exact) mass is 409 g/mol. The number of carbonyl (C=O) groups is 4. The van der Waals surface area contributed by atoms with Gasteiger partial charge in [0.25, 0.3) is 0 Å². The fourth-order valence-electron chi connectivity index (χ4n) is 3.75. The van der Waals surface area contributed by atoms with Crippen LogP contribution in [0.1, 0.15) is 36.3 Å². The topological polar surface area (TPSA) is 124 Å². The molecule has 1 unspecified atom stereocenters. The van der Waals surface area contributed by atoms with Gasteiger partial charge in [-0.2, -0.15) is 0 Å². The molecule has 2 aromatic rings. The summed E-state index contributed by atoms with van der Waals surface area (Å²) >= 11 is 0. The number of carbonyl (C=O) groups excluding carboxylic acids is 3. The molecule has 3 N–H and O–H groups in total. The Morgan fingerprint density at radius 2 is 1.47 bits per heavy atom. The highest BCUT2D eigenvalue weighted by Gasteiger charge is 2.36. The van der Waals surface area contributed by atoms with Gasteiger partial charge in [0, 0.05) is 25.2 Å². The number of ketones is 2. The van der Waals surface area contributed by atoms with Crippen molar-refractivity contribution < 1.29 is 29.0 Å². The van der Waals surface area contributed by atoms with Gasteiger partial charge in [0.2, 0.25) is 5.92 Å². The van der Waals surface area contributed by atoms with Crippen LogP contribution in [0.25, 0.3) is 11.1 Å². The van der Waals surface area contributed by atoms with Crippen LogP contribution in [0.5, 0.6) is 0 Å². The molecular weight excluding hydrogens is 386 g/mol. The molecule has 1 aliphatic rings. The minimum absolute atomic E-state index is 0.0734. The zero-order chi connectivity index (χ0) is 21.7. The molecule has 0 heterocycles. The summed E-state index contributed by atoms with van der Waals surface area (Å²) in [7, 11) is 0. The third-order valence-electron chi connectivity index (χ3n) is 5.23. The van der Waals surface area contributed by atoms with Crippen molar-refractivity contribution in [2.75, 3.05) is 13.2 Å². The number of benzene rings is 2. The first-order chi connectivity index (χ1) is 14.4. The van der Waals surface area contributed by atoms with E-state index in [0.29, 0.717) is 0 Å². The summed E-state index contributed by atoms with van der Waals surface area (Å²) in [5.74, 6) is -5.96. The van der Waals surface area contributed by atoms with Crippen molar-refractivity contribution in [1.29, 1.82) is 0 Å². The Morgan fingerprint density at radius 1 is 0.900 bits per heavy atom. The lowest BCUT2D eigenvalue weighted by molar-refractivity contribution is -0.161. The first kappa shape index (κ1) is 21.4. The van der Waals surface area contributed by atoms with Crippen LogP contribution >= 0.6 is 0 Å². The maximum Gasteiger partial charge on any atom is 0.328 e. The molecule has 0 amide bonds. The summed E-state index contributed by atoms with van der Waals surface area (Å²) in [4.78, 5) is 47.8. The predicted octanol–water partition coefficient (Wildman–Crippen LogP) is 2.31. The van der Waals surface area contributed by atoms with Crippen molar-refractivity contribution >= 4 is 23.5 Å². The quantitative estimate of drug-likeness (QED) is 0.456. The molecule has 0 radical (unpaired) electrons. The first-order valence-corrected chi connectivity index (χ1v) is 9.76. The van der Waals surface area contributed by atoms with Crippen molar-refractivity contribution in [3.05, 3.63) is 59.7 Å². The highest BCUT2D eigenvalue weighted by Crippen LogP contribution is 2.44. The van der Waals surface area contributed by atoms with Gasteiger partial charge < -0.3 is 15.6 Å². The molecule has 0 spiro atoms. The lowest BCUT2D eigenvalue weighted by Crippen LogP contribution is -2.34. The van der Waals surface area contributed by atoms with E-state index >= 15 is 0 Å². The molecule has 0 saturated heterocycles. The van der Waals surface area contributed by atoms with Gasteiger partial charge in [-0.1, -0.05) is 48.5 Å². The molecule has 7 heteroatoms. The summed E-state index contributed by atoms with van der Waals surface area (Å²) in [6, 6.07) is 15.5. The van der Waals surface area contributed by atoms with E-state index in [1.165, 1.54) is 0 Å². The van der Waals surface area contributed by atoms with E-state index in [1.54, 1.807) is 0 Å². The molecule has 0 fully saturated rings. The number of carboxylic acids is 1. The van der Waals surface area contributed by atoms with Gasteiger partial charge in [0.15, 0.2) is 5.78 Å². The van der Waals surface area contributed by atoms with Gasteiger partial charge in [-0.3, -0.25) is 19.2 Å². The van der Waals surface area contributed by atoms with Crippen molar-refractivity contribution in [1.82, 2.24) is 0 Å². The second-order valence-corrected chi connectivity index (χ2v) is 7.17. The fourth-order valence-corrected chi connectivity index (χ4v) is 3.75. The molecule has 3 rings (SSSR count). The fraction of sp³-hybridized carbons (Fsp3) is 0.304. The van der Waals surface area contributed by atoms with E-state index in [4.69, 9.17) is 10.5 Å². The zero-order valence-corrected chi connectivity index (χ0v) is 16.4. The van der Waals surface area contributed by atoms with Crippen LogP contribution in [-0.4, -0.2) is 41.8 Å². The normalized spacial score (nSPS) is 13.2. The van der Waals surface area contributed by atoms with Crippen LogP contribution in [0.3, 0.4) is 0 Å². The van der Waals surface area contributed by atoms with Crippen molar-refractivity contribution in [3.8, 4) is 11.1 Å². The molecule has 1 aliphatic carbocycles. The number of carboxylic acid groups (broad SMARTS) is 1. The highest BCUT2D eigenvalue weighted by molar-refractivity contribution is 6.14. The molecular formula is C23H23NO6. The Balaban J connectivity index is 1.70. The Hall–Kier alpha value is -3.32. The number of hydrogen-bond donors (Lipinski definition) is 2. The SMILES string of the molecule is NCCC(=O)CCC(=O)C(C(=O)O)C(=O)OCC1c2ccccc2-c2ccccc21. The third kappa shape index (κ3) is 4.46. The summed E-state index contributed by atoms with van der Waals surface area (Å²) in [5.41, 5.74) is 9.33. The molecule has 156 valence electrons. The average Bonchev–Trinajstić information content (AvgIpc) is 3.05. The van der Waals surface area contributed by atoms with Crippen LogP contribution in [0.15, 0.2) is 48.5 Å². The first-order valence-electron chi connectivity index (χ1n) is 9.76. The number of fused-ring (bicyclic) bond motifs is 3. The number of ether oxygens (including phenoxy) is 1. The maximum absolute atomic E-state index is 12.4. The summed E-state index contributed by atoms with van der Waals surface area (Å²) < 4.78 is 5.29. The smallest absolute Gasteiger partial charge is 0.328 e. The molecule has 30 heavy (non-hydrogen) atoms. The van der Waals surface area contributed by atoms with Crippen LogP contribution < -0.4 is 5.73 Å². The lowest BCUT2D eigenvalue weighted by Gasteiger charge is -2.16. The van der Waals surface area contributed by atoms with E-state index in [0.717, 1.165) is 22.3 Å². The van der Waals surface area contributed by atoms with Gasteiger partial charge in [0.05, 0.1) is 0 Å². The Bertz CT molecular complexity index is 938. The number of Topliss-reactive ketones (excluding diaryl/α,β-unsaturated/α-hetero) is 2. The molecule has 1 atom stereocenters. The maximum atomic E-state index is 12.4. The number of rotatable bonds is 10. The van der Waals surface area contributed by atoms with Gasteiger partial charge >= 0.3 is 11.9 Å². The van der Waals surface area contributed by atoms with Crippen molar-refractivity contribution in [3.63, 3.8) is 0 Å². The lowest BCUT2D eigenvalue weighted by atomic mass is 9.97. The highest BCUT2D eigenvalue weighted by atomic mass is 16.5. The van der Waals surface area contributed by atoms with Crippen LogP contribution in [0.2, 0.25) is 0 Å².